The zero-order chi connectivity index (χ0) is 14.4. The van der Waals surface area contributed by atoms with Crippen molar-refractivity contribution >= 4 is 16.8 Å². The number of halogens is 1. The average Bonchev–Trinajstić information content (AvgIpc) is 2.37. The van der Waals surface area contributed by atoms with Crippen LogP contribution in [-0.2, 0) is 11.2 Å². The largest absolute Gasteiger partial charge is 0.493 e. The highest BCUT2D eigenvalue weighted by atomic mass is 35.5. The molecule has 1 unspecified atom stereocenters. The van der Waals surface area contributed by atoms with Gasteiger partial charge in [0.05, 0.1) is 14.2 Å². The van der Waals surface area contributed by atoms with E-state index >= 15 is 0 Å². The molecule has 4 heteroatoms. The van der Waals surface area contributed by atoms with Crippen LogP contribution in [0.3, 0.4) is 0 Å². The van der Waals surface area contributed by atoms with Gasteiger partial charge in [-0.05, 0) is 35.6 Å². The number of hydrogen-bond donors (Lipinski definition) is 0. The Kier molecular flexibility index (Phi) is 5.90. The van der Waals surface area contributed by atoms with E-state index in [4.69, 9.17) is 21.1 Å². The SMILES string of the molecule is C=CCC(C)c1c(CC(=O)Cl)ccc(OC)c1OC. The first-order valence-corrected chi connectivity index (χ1v) is 6.45. The number of carbonyl (C=O) groups is 1. The van der Waals surface area contributed by atoms with E-state index in [1.54, 1.807) is 20.3 Å². The lowest BCUT2D eigenvalue weighted by atomic mass is 9.90. The molecule has 3 nitrogen and oxygen atoms in total. The summed E-state index contributed by atoms with van der Waals surface area (Å²) in [6.07, 6.45) is 2.81. The molecule has 0 aliphatic carbocycles. The van der Waals surface area contributed by atoms with E-state index in [0.29, 0.717) is 11.5 Å². The van der Waals surface area contributed by atoms with E-state index in [0.717, 1.165) is 17.5 Å². The highest BCUT2D eigenvalue weighted by Crippen LogP contribution is 2.39. The van der Waals surface area contributed by atoms with Gasteiger partial charge in [-0.2, -0.15) is 0 Å². The summed E-state index contributed by atoms with van der Waals surface area (Å²) in [5.74, 6) is 1.49. The fraction of sp³-hybridized carbons (Fsp3) is 0.400. The van der Waals surface area contributed by atoms with Crippen molar-refractivity contribution in [3.8, 4) is 11.5 Å². The predicted octanol–water partition coefficient (Wildman–Crippen LogP) is 3.69. The Bertz CT molecular complexity index is 469. The molecule has 0 aliphatic rings. The first-order valence-electron chi connectivity index (χ1n) is 6.08. The molecule has 0 heterocycles. The summed E-state index contributed by atoms with van der Waals surface area (Å²) < 4.78 is 10.7. The lowest BCUT2D eigenvalue weighted by Crippen LogP contribution is -2.06. The van der Waals surface area contributed by atoms with Crippen LogP contribution >= 0.6 is 11.6 Å². The maximum absolute atomic E-state index is 11.2. The van der Waals surface area contributed by atoms with Gasteiger partial charge in [0, 0.05) is 12.0 Å². The second-order valence-electron chi connectivity index (χ2n) is 4.33. The van der Waals surface area contributed by atoms with Gasteiger partial charge in [-0.15, -0.1) is 6.58 Å². The summed E-state index contributed by atoms with van der Waals surface area (Å²) in [4.78, 5) is 11.2. The number of benzene rings is 1. The maximum Gasteiger partial charge on any atom is 0.226 e. The van der Waals surface area contributed by atoms with Gasteiger partial charge < -0.3 is 9.47 Å². The smallest absolute Gasteiger partial charge is 0.226 e. The first kappa shape index (κ1) is 15.6. The summed E-state index contributed by atoms with van der Waals surface area (Å²) >= 11 is 5.50. The van der Waals surface area contributed by atoms with E-state index in [9.17, 15) is 4.79 Å². The minimum absolute atomic E-state index is 0.175. The van der Waals surface area contributed by atoms with Crippen LogP contribution in [0.2, 0.25) is 0 Å². The molecular weight excluding hydrogens is 264 g/mol. The molecule has 0 radical (unpaired) electrons. The van der Waals surface area contributed by atoms with Crippen LogP contribution in [0.4, 0.5) is 0 Å². The summed E-state index contributed by atoms with van der Waals surface area (Å²) in [5, 5.41) is -0.390. The molecule has 0 fully saturated rings. The van der Waals surface area contributed by atoms with Gasteiger partial charge in [0.15, 0.2) is 11.5 Å². The van der Waals surface area contributed by atoms with Crippen molar-refractivity contribution in [3.05, 3.63) is 35.9 Å². The topological polar surface area (TPSA) is 35.5 Å². The van der Waals surface area contributed by atoms with Crippen LogP contribution in [0.1, 0.15) is 30.4 Å². The van der Waals surface area contributed by atoms with Crippen LogP contribution in [0.25, 0.3) is 0 Å². The lowest BCUT2D eigenvalue weighted by Gasteiger charge is -2.20. The number of methoxy groups -OCH3 is 2. The van der Waals surface area contributed by atoms with Crippen molar-refractivity contribution in [3.63, 3.8) is 0 Å². The average molecular weight is 283 g/mol. The number of ether oxygens (including phenoxy) is 2. The molecule has 0 N–H and O–H groups in total. The van der Waals surface area contributed by atoms with Gasteiger partial charge in [-0.1, -0.05) is 19.1 Å². The molecule has 0 bridgehead atoms. The molecule has 104 valence electrons. The fourth-order valence-electron chi connectivity index (χ4n) is 2.20. The summed E-state index contributed by atoms with van der Waals surface area (Å²) in [7, 11) is 3.18. The third-order valence-electron chi connectivity index (χ3n) is 3.02. The molecule has 1 aromatic carbocycles. The Balaban J connectivity index is 3.38. The second kappa shape index (κ2) is 7.19. The molecule has 1 atom stereocenters. The zero-order valence-corrected chi connectivity index (χ0v) is 12.3. The Morgan fingerprint density at radius 2 is 2.11 bits per heavy atom. The van der Waals surface area contributed by atoms with Crippen molar-refractivity contribution in [1.82, 2.24) is 0 Å². The van der Waals surface area contributed by atoms with Crippen LogP contribution in [-0.4, -0.2) is 19.5 Å². The quantitative estimate of drug-likeness (QED) is 0.565. The monoisotopic (exact) mass is 282 g/mol. The van der Waals surface area contributed by atoms with Gasteiger partial charge in [0.2, 0.25) is 5.24 Å². The van der Waals surface area contributed by atoms with Crippen molar-refractivity contribution in [2.45, 2.75) is 25.7 Å². The van der Waals surface area contributed by atoms with Crippen molar-refractivity contribution in [1.29, 1.82) is 0 Å². The van der Waals surface area contributed by atoms with Crippen molar-refractivity contribution < 1.29 is 14.3 Å². The maximum atomic E-state index is 11.2. The highest BCUT2D eigenvalue weighted by molar-refractivity contribution is 6.63. The van der Waals surface area contributed by atoms with Crippen molar-refractivity contribution in [2.75, 3.05) is 14.2 Å². The Morgan fingerprint density at radius 1 is 1.42 bits per heavy atom. The highest BCUT2D eigenvalue weighted by Gasteiger charge is 2.20. The van der Waals surface area contributed by atoms with Gasteiger partial charge >= 0.3 is 0 Å². The van der Waals surface area contributed by atoms with Gasteiger partial charge in [-0.3, -0.25) is 4.79 Å². The molecule has 19 heavy (non-hydrogen) atoms. The molecule has 1 rings (SSSR count). The summed E-state index contributed by atoms with van der Waals surface area (Å²) in [6, 6.07) is 3.65. The number of allylic oxidation sites excluding steroid dienone is 1. The van der Waals surface area contributed by atoms with Crippen LogP contribution < -0.4 is 9.47 Å². The first-order chi connectivity index (χ1) is 9.04. The minimum Gasteiger partial charge on any atom is -0.493 e. The van der Waals surface area contributed by atoms with Gasteiger partial charge in [0.1, 0.15) is 0 Å². The van der Waals surface area contributed by atoms with E-state index in [2.05, 4.69) is 13.5 Å². The van der Waals surface area contributed by atoms with E-state index < -0.39 is 0 Å². The Hall–Kier alpha value is -1.48. The number of rotatable bonds is 7. The van der Waals surface area contributed by atoms with E-state index in [-0.39, 0.29) is 17.6 Å². The molecular formula is C15H19ClO3. The third-order valence-corrected chi connectivity index (χ3v) is 3.15. The molecule has 1 aromatic rings. The molecule has 0 aliphatic heterocycles. The Labute approximate surface area is 119 Å². The van der Waals surface area contributed by atoms with Crippen LogP contribution in [0.15, 0.2) is 24.8 Å². The summed E-state index contributed by atoms with van der Waals surface area (Å²) in [6.45, 7) is 5.81. The van der Waals surface area contributed by atoms with Gasteiger partial charge in [0.25, 0.3) is 0 Å². The predicted molar refractivity (Wildman–Crippen MR) is 77.3 cm³/mol. The molecule has 0 spiro atoms. The van der Waals surface area contributed by atoms with Crippen LogP contribution in [0.5, 0.6) is 11.5 Å². The Morgan fingerprint density at radius 3 is 2.58 bits per heavy atom. The summed E-state index contributed by atoms with van der Waals surface area (Å²) in [5.41, 5.74) is 1.82. The lowest BCUT2D eigenvalue weighted by molar-refractivity contribution is -0.111. The van der Waals surface area contributed by atoms with E-state index in [1.165, 1.54) is 0 Å². The number of hydrogen-bond acceptors (Lipinski definition) is 3. The number of carbonyl (C=O) groups excluding carboxylic acids is 1. The van der Waals surface area contributed by atoms with Crippen LogP contribution in [0, 0.1) is 0 Å². The fourth-order valence-corrected chi connectivity index (χ4v) is 2.35. The normalized spacial score (nSPS) is 11.8. The molecule has 0 aromatic heterocycles. The zero-order valence-electron chi connectivity index (χ0n) is 11.5. The minimum atomic E-state index is -0.390. The van der Waals surface area contributed by atoms with Gasteiger partial charge in [-0.25, -0.2) is 0 Å². The second-order valence-corrected chi connectivity index (χ2v) is 4.75. The third kappa shape index (κ3) is 3.74. The molecule has 0 amide bonds. The molecule has 0 saturated heterocycles. The molecule has 0 saturated carbocycles. The standard InChI is InChI=1S/C15H19ClO3/c1-5-6-10(2)14-11(9-13(16)17)7-8-12(18-3)15(14)19-4/h5,7-8,10H,1,6,9H2,2-4H3. The van der Waals surface area contributed by atoms with E-state index in [1.807, 2.05) is 12.1 Å². The van der Waals surface area contributed by atoms with Crippen molar-refractivity contribution in [2.24, 2.45) is 0 Å².